The first-order valence-electron chi connectivity index (χ1n) is 5.56. The van der Waals surface area contributed by atoms with Gasteiger partial charge >= 0.3 is 0 Å². The van der Waals surface area contributed by atoms with Crippen molar-refractivity contribution in [3.8, 4) is 0 Å². The van der Waals surface area contributed by atoms with Crippen LogP contribution in [0.1, 0.15) is 12.6 Å². The van der Waals surface area contributed by atoms with Crippen molar-refractivity contribution >= 4 is 10.0 Å². The number of nitrogens with zero attached hydrogens (tertiary/aromatic N) is 2. The molecule has 1 aliphatic rings. The van der Waals surface area contributed by atoms with Crippen molar-refractivity contribution < 1.29 is 8.42 Å². The molecule has 0 aromatic carbocycles. The molecule has 1 aromatic heterocycles. The fourth-order valence-electron chi connectivity index (χ4n) is 1.86. The zero-order chi connectivity index (χ0) is 12.5. The SMILES string of the molecule is CC1(N)CN(S(=O)(=O)CCc2ccccn2)C1. The molecular formula is C11H17N3O2S. The second-order valence-corrected chi connectivity index (χ2v) is 6.90. The van der Waals surface area contributed by atoms with Gasteiger partial charge in [-0.1, -0.05) is 6.07 Å². The highest BCUT2D eigenvalue weighted by Gasteiger charge is 2.41. The van der Waals surface area contributed by atoms with E-state index in [1.807, 2.05) is 25.1 Å². The lowest BCUT2D eigenvalue weighted by molar-refractivity contribution is 0.176. The Balaban J connectivity index is 1.91. The third kappa shape index (κ3) is 3.02. The molecule has 2 N–H and O–H groups in total. The second kappa shape index (κ2) is 4.36. The molecule has 0 radical (unpaired) electrons. The molecule has 2 heterocycles. The maximum Gasteiger partial charge on any atom is 0.214 e. The van der Waals surface area contributed by atoms with E-state index in [1.165, 1.54) is 4.31 Å². The minimum atomic E-state index is -3.18. The highest BCUT2D eigenvalue weighted by molar-refractivity contribution is 7.89. The van der Waals surface area contributed by atoms with Crippen LogP contribution in [-0.4, -0.2) is 42.1 Å². The smallest absolute Gasteiger partial charge is 0.214 e. The van der Waals surface area contributed by atoms with Crippen LogP contribution < -0.4 is 5.73 Å². The largest absolute Gasteiger partial charge is 0.323 e. The van der Waals surface area contributed by atoms with Gasteiger partial charge in [-0.15, -0.1) is 0 Å². The van der Waals surface area contributed by atoms with Gasteiger partial charge in [0.2, 0.25) is 10.0 Å². The van der Waals surface area contributed by atoms with E-state index in [1.54, 1.807) is 6.20 Å². The summed E-state index contributed by atoms with van der Waals surface area (Å²) in [6.45, 7) is 2.69. The number of nitrogens with two attached hydrogens (primary N) is 1. The Labute approximate surface area is 102 Å². The van der Waals surface area contributed by atoms with Gasteiger partial charge in [-0.3, -0.25) is 4.98 Å². The van der Waals surface area contributed by atoms with Gasteiger partial charge in [0.15, 0.2) is 0 Å². The minimum absolute atomic E-state index is 0.0973. The molecule has 0 spiro atoms. The molecule has 1 aromatic rings. The third-order valence-corrected chi connectivity index (χ3v) is 4.58. The molecule has 17 heavy (non-hydrogen) atoms. The molecule has 1 saturated heterocycles. The lowest BCUT2D eigenvalue weighted by Crippen LogP contribution is -2.67. The fourth-order valence-corrected chi connectivity index (χ4v) is 3.57. The molecule has 1 aliphatic heterocycles. The lowest BCUT2D eigenvalue weighted by atomic mass is 9.97. The third-order valence-electron chi connectivity index (χ3n) is 2.81. The Morgan fingerprint density at radius 3 is 2.71 bits per heavy atom. The van der Waals surface area contributed by atoms with Gasteiger partial charge in [0, 0.05) is 36.9 Å². The highest BCUT2D eigenvalue weighted by atomic mass is 32.2. The Bertz CT molecular complexity index is 477. The minimum Gasteiger partial charge on any atom is -0.323 e. The van der Waals surface area contributed by atoms with E-state index in [-0.39, 0.29) is 11.3 Å². The van der Waals surface area contributed by atoms with E-state index in [9.17, 15) is 8.42 Å². The molecule has 0 aliphatic carbocycles. The number of hydrogen-bond acceptors (Lipinski definition) is 4. The van der Waals surface area contributed by atoms with Gasteiger partial charge in [0.05, 0.1) is 5.75 Å². The first-order chi connectivity index (χ1) is 7.89. The van der Waals surface area contributed by atoms with Gasteiger partial charge in [-0.05, 0) is 19.1 Å². The Hall–Kier alpha value is -0.980. The van der Waals surface area contributed by atoms with Crippen LogP contribution >= 0.6 is 0 Å². The summed E-state index contributed by atoms with van der Waals surface area (Å²) in [4.78, 5) is 4.11. The van der Waals surface area contributed by atoms with E-state index < -0.39 is 10.0 Å². The van der Waals surface area contributed by atoms with Crippen molar-refractivity contribution in [1.82, 2.24) is 9.29 Å². The van der Waals surface area contributed by atoms with Gasteiger partial charge in [-0.2, -0.15) is 4.31 Å². The molecule has 94 valence electrons. The lowest BCUT2D eigenvalue weighted by Gasteiger charge is -2.44. The number of rotatable bonds is 4. The maximum atomic E-state index is 11.9. The van der Waals surface area contributed by atoms with E-state index in [4.69, 9.17) is 5.73 Å². The van der Waals surface area contributed by atoms with Crippen LogP contribution in [0.2, 0.25) is 0 Å². The first-order valence-corrected chi connectivity index (χ1v) is 7.17. The van der Waals surface area contributed by atoms with Crippen molar-refractivity contribution in [3.05, 3.63) is 30.1 Å². The summed E-state index contributed by atoms with van der Waals surface area (Å²) in [5.41, 5.74) is 6.23. The molecule has 0 bridgehead atoms. The van der Waals surface area contributed by atoms with Gasteiger partial charge < -0.3 is 5.73 Å². The summed E-state index contributed by atoms with van der Waals surface area (Å²) >= 11 is 0. The average Bonchev–Trinajstić information content (AvgIpc) is 2.25. The van der Waals surface area contributed by atoms with Crippen LogP contribution in [0, 0.1) is 0 Å². The number of sulfonamides is 1. The average molecular weight is 255 g/mol. The van der Waals surface area contributed by atoms with Crippen LogP contribution in [0.25, 0.3) is 0 Å². The van der Waals surface area contributed by atoms with Gasteiger partial charge in [-0.25, -0.2) is 8.42 Å². The number of aromatic nitrogens is 1. The summed E-state index contributed by atoms with van der Waals surface area (Å²) in [6, 6.07) is 5.50. The Morgan fingerprint density at radius 1 is 1.47 bits per heavy atom. The van der Waals surface area contributed by atoms with Crippen molar-refractivity contribution in [2.45, 2.75) is 18.9 Å². The summed E-state index contributed by atoms with van der Waals surface area (Å²) < 4.78 is 25.3. The zero-order valence-electron chi connectivity index (χ0n) is 9.83. The van der Waals surface area contributed by atoms with Crippen LogP contribution in [-0.2, 0) is 16.4 Å². The zero-order valence-corrected chi connectivity index (χ0v) is 10.7. The molecule has 0 unspecified atom stereocenters. The van der Waals surface area contributed by atoms with Crippen LogP contribution in [0.3, 0.4) is 0 Å². The van der Waals surface area contributed by atoms with Crippen LogP contribution in [0.4, 0.5) is 0 Å². The molecule has 0 amide bonds. The normalized spacial score (nSPS) is 19.9. The van der Waals surface area contributed by atoms with E-state index in [0.717, 1.165) is 5.69 Å². The highest BCUT2D eigenvalue weighted by Crippen LogP contribution is 2.21. The van der Waals surface area contributed by atoms with Crippen molar-refractivity contribution in [1.29, 1.82) is 0 Å². The molecule has 0 atom stereocenters. The molecule has 0 saturated carbocycles. The number of aryl methyl sites for hydroxylation is 1. The monoisotopic (exact) mass is 255 g/mol. The maximum absolute atomic E-state index is 11.9. The van der Waals surface area contributed by atoms with Crippen LogP contribution in [0.5, 0.6) is 0 Å². The standard InChI is InChI=1S/C11H17N3O2S/c1-11(12)8-14(9-11)17(15,16)7-5-10-4-2-3-6-13-10/h2-4,6H,5,7-9,12H2,1H3. The van der Waals surface area contributed by atoms with E-state index >= 15 is 0 Å². The van der Waals surface area contributed by atoms with Crippen LogP contribution in [0.15, 0.2) is 24.4 Å². The predicted octanol–water partition coefficient (Wildman–Crippen LogP) is -0.0131. The molecule has 6 heteroatoms. The summed E-state index contributed by atoms with van der Waals surface area (Å²) in [5, 5.41) is 0. The predicted molar refractivity (Wildman–Crippen MR) is 65.9 cm³/mol. The quantitative estimate of drug-likeness (QED) is 0.821. The first kappa shape index (κ1) is 12.5. The fraction of sp³-hybridized carbons (Fsp3) is 0.545. The van der Waals surface area contributed by atoms with Crippen molar-refractivity contribution in [2.75, 3.05) is 18.8 Å². The Morgan fingerprint density at radius 2 is 2.18 bits per heavy atom. The molecule has 5 nitrogen and oxygen atoms in total. The molecular weight excluding hydrogens is 238 g/mol. The topological polar surface area (TPSA) is 76.3 Å². The Kier molecular flexibility index (Phi) is 3.20. The van der Waals surface area contributed by atoms with Gasteiger partial charge in [0.1, 0.15) is 0 Å². The summed E-state index contributed by atoms with van der Waals surface area (Å²) in [7, 11) is -3.18. The van der Waals surface area contributed by atoms with Crippen molar-refractivity contribution in [3.63, 3.8) is 0 Å². The van der Waals surface area contributed by atoms with Crippen molar-refractivity contribution in [2.24, 2.45) is 5.73 Å². The van der Waals surface area contributed by atoms with E-state index in [2.05, 4.69) is 4.98 Å². The number of hydrogen-bond donors (Lipinski definition) is 1. The number of pyridine rings is 1. The summed E-state index contributed by atoms with van der Waals surface area (Å²) in [6.07, 6.45) is 2.11. The molecule has 1 fully saturated rings. The second-order valence-electron chi connectivity index (χ2n) is 4.81. The molecule has 2 rings (SSSR count). The summed E-state index contributed by atoms with van der Waals surface area (Å²) in [5.74, 6) is 0.0973. The van der Waals surface area contributed by atoms with E-state index in [0.29, 0.717) is 19.5 Å². The van der Waals surface area contributed by atoms with Gasteiger partial charge in [0.25, 0.3) is 0 Å².